The van der Waals surface area contributed by atoms with Gasteiger partial charge in [-0.25, -0.2) is 9.48 Å². The zero-order chi connectivity index (χ0) is 20.2. The molecule has 3 aromatic rings. The van der Waals surface area contributed by atoms with Crippen LogP contribution in [0.1, 0.15) is 40.6 Å². The lowest BCUT2D eigenvalue weighted by Gasteiger charge is -2.12. The van der Waals surface area contributed by atoms with Crippen molar-refractivity contribution in [2.45, 2.75) is 39.2 Å². The molecule has 1 N–H and O–H groups in total. The number of esters is 1. The average molecular weight is 411 g/mol. The van der Waals surface area contributed by atoms with Crippen LogP contribution in [0.2, 0.25) is 0 Å². The Labute approximate surface area is 171 Å². The first kappa shape index (κ1) is 19.3. The summed E-state index contributed by atoms with van der Waals surface area (Å²) in [5.41, 5.74) is 2.34. The lowest BCUT2D eigenvalue weighted by Crippen LogP contribution is -2.21. The Kier molecular flexibility index (Phi) is 5.66. The number of amides is 1. The van der Waals surface area contributed by atoms with E-state index in [0.29, 0.717) is 23.0 Å². The van der Waals surface area contributed by atoms with E-state index in [-0.39, 0.29) is 18.4 Å². The van der Waals surface area contributed by atoms with Crippen molar-refractivity contribution in [3.8, 4) is 11.4 Å². The lowest BCUT2D eigenvalue weighted by atomic mass is 9.95. The van der Waals surface area contributed by atoms with Crippen LogP contribution >= 0.6 is 11.3 Å². The highest BCUT2D eigenvalue weighted by atomic mass is 32.1. The number of aromatic nitrogens is 4. The number of nitrogens with zero attached hydrogens (tertiary/aromatic N) is 4. The van der Waals surface area contributed by atoms with Gasteiger partial charge >= 0.3 is 5.97 Å². The van der Waals surface area contributed by atoms with Gasteiger partial charge in [0.2, 0.25) is 5.91 Å². The third kappa shape index (κ3) is 4.04. The zero-order valence-corrected chi connectivity index (χ0v) is 16.9. The van der Waals surface area contributed by atoms with Crippen LogP contribution in [-0.2, 0) is 28.9 Å². The van der Waals surface area contributed by atoms with Crippen LogP contribution in [0.25, 0.3) is 11.4 Å². The topological polar surface area (TPSA) is 99.0 Å². The molecule has 9 heteroatoms. The highest BCUT2D eigenvalue weighted by molar-refractivity contribution is 7.17. The number of tetrazole rings is 1. The number of anilines is 1. The number of thiophene rings is 1. The van der Waals surface area contributed by atoms with Crippen LogP contribution in [0.5, 0.6) is 0 Å². The van der Waals surface area contributed by atoms with E-state index in [1.165, 1.54) is 16.0 Å². The smallest absolute Gasteiger partial charge is 0.341 e. The van der Waals surface area contributed by atoms with Gasteiger partial charge in [-0.05, 0) is 48.6 Å². The average Bonchev–Trinajstić information content (AvgIpc) is 3.32. The second-order valence-corrected chi connectivity index (χ2v) is 7.82. The summed E-state index contributed by atoms with van der Waals surface area (Å²) in [5, 5.41) is 15.1. The maximum atomic E-state index is 12.7. The van der Waals surface area contributed by atoms with E-state index in [0.717, 1.165) is 41.7 Å². The third-order valence-corrected chi connectivity index (χ3v) is 5.97. The van der Waals surface area contributed by atoms with E-state index in [4.69, 9.17) is 4.74 Å². The summed E-state index contributed by atoms with van der Waals surface area (Å²) >= 11 is 1.46. The molecular weight excluding hydrogens is 390 g/mol. The van der Waals surface area contributed by atoms with Crippen molar-refractivity contribution < 1.29 is 14.3 Å². The molecule has 0 saturated carbocycles. The first-order valence-corrected chi connectivity index (χ1v) is 10.4. The molecule has 1 aliphatic carbocycles. The van der Waals surface area contributed by atoms with E-state index >= 15 is 0 Å². The summed E-state index contributed by atoms with van der Waals surface area (Å²) in [6.45, 7) is 2.02. The minimum atomic E-state index is -0.380. The molecule has 4 rings (SSSR count). The summed E-state index contributed by atoms with van der Waals surface area (Å²) in [6, 6.07) is 9.44. The number of benzene rings is 1. The summed E-state index contributed by atoms with van der Waals surface area (Å²) in [6.07, 6.45) is 3.89. The van der Waals surface area contributed by atoms with Gasteiger partial charge in [-0.3, -0.25) is 4.79 Å². The Morgan fingerprint density at radius 3 is 2.79 bits per heavy atom. The van der Waals surface area contributed by atoms with E-state index in [1.807, 2.05) is 30.3 Å². The quantitative estimate of drug-likeness (QED) is 0.626. The fraction of sp³-hybridized carbons (Fsp3) is 0.350. The van der Waals surface area contributed by atoms with Gasteiger partial charge in [0.05, 0.1) is 12.2 Å². The second kappa shape index (κ2) is 8.52. The predicted octanol–water partition coefficient (Wildman–Crippen LogP) is 3.10. The Hall–Kier alpha value is -3.07. The van der Waals surface area contributed by atoms with E-state index in [9.17, 15) is 9.59 Å². The lowest BCUT2D eigenvalue weighted by molar-refractivity contribution is -0.116. The van der Waals surface area contributed by atoms with Gasteiger partial charge in [0.1, 0.15) is 11.5 Å². The first-order chi connectivity index (χ1) is 14.2. The molecule has 0 spiro atoms. The summed E-state index contributed by atoms with van der Waals surface area (Å²) < 4.78 is 6.68. The highest BCUT2D eigenvalue weighted by Gasteiger charge is 2.27. The summed E-state index contributed by atoms with van der Waals surface area (Å²) in [7, 11) is 0. The third-order valence-electron chi connectivity index (χ3n) is 4.76. The number of hydrogen-bond donors (Lipinski definition) is 1. The van der Waals surface area contributed by atoms with Gasteiger partial charge in [0.15, 0.2) is 5.82 Å². The molecule has 29 heavy (non-hydrogen) atoms. The van der Waals surface area contributed by atoms with Crippen LogP contribution in [0.3, 0.4) is 0 Å². The molecule has 0 radical (unpaired) electrons. The Morgan fingerprint density at radius 2 is 2.00 bits per heavy atom. The summed E-state index contributed by atoms with van der Waals surface area (Å²) in [5.74, 6) is -0.162. The molecule has 0 unspecified atom stereocenters. The van der Waals surface area contributed by atoms with Crippen molar-refractivity contribution >= 4 is 28.2 Å². The van der Waals surface area contributed by atoms with Crippen molar-refractivity contribution in [3.05, 3.63) is 46.3 Å². The molecule has 2 heterocycles. The van der Waals surface area contributed by atoms with Gasteiger partial charge in [0, 0.05) is 10.4 Å². The maximum absolute atomic E-state index is 12.7. The highest BCUT2D eigenvalue weighted by Crippen LogP contribution is 2.38. The Balaban J connectivity index is 1.56. The molecule has 1 aromatic carbocycles. The molecule has 1 aliphatic rings. The van der Waals surface area contributed by atoms with Crippen molar-refractivity contribution in [2.24, 2.45) is 0 Å². The fourth-order valence-corrected chi connectivity index (χ4v) is 4.77. The predicted molar refractivity (Wildman–Crippen MR) is 109 cm³/mol. The van der Waals surface area contributed by atoms with Crippen LogP contribution in [-0.4, -0.2) is 38.7 Å². The SMILES string of the molecule is CCOC(=O)c1c(NC(=O)Cn2nnnc2-c2ccccc2)sc2c1CCCC2. The monoisotopic (exact) mass is 411 g/mol. The normalized spacial score (nSPS) is 13.0. The molecule has 8 nitrogen and oxygen atoms in total. The first-order valence-electron chi connectivity index (χ1n) is 9.60. The van der Waals surface area contributed by atoms with Crippen molar-refractivity contribution in [2.75, 3.05) is 11.9 Å². The number of rotatable bonds is 6. The molecule has 0 fully saturated rings. The Morgan fingerprint density at radius 1 is 1.21 bits per heavy atom. The number of nitrogens with one attached hydrogen (secondary N) is 1. The second-order valence-electron chi connectivity index (χ2n) is 6.71. The van der Waals surface area contributed by atoms with Crippen molar-refractivity contribution in [1.82, 2.24) is 20.2 Å². The van der Waals surface area contributed by atoms with E-state index in [1.54, 1.807) is 6.92 Å². The molecule has 2 aromatic heterocycles. The van der Waals surface area contributed by atoms with Gasteiger partial charge < -0.3 is 10.1 Å². The van der Waals surface area contributed by atoms with Crippen LogP contribution < -0.4 is 5.32 Å². The van der Waals surface area contributed by atoms with Crippen LogP contribution in [0, 0.1) is 0 Å². The molecule has 0 atom stereocenters. The standard InChI is InChI=1S/C20H21N5O3S/c1-2-28-20(27)17-14-10-6-7-11-15(14)29-19(17)21-16(26)12-25-18(22-23-24-25)13-8-4-3-5-9-13/h3-5,8-9H,2,6-7,10-12H2,1H3,(H,21,26). The molecule has 1 amide bonds. The number of ether oxygens (including phenoxy) is 1. The molecule has 0 saturated heterocycles. The number of carbonyl (C=O) groups excluding carboxylic acids is 2. The number of carbonyl (C=O) groups is 2. The zero-order valence-electron chi connectivity index (χ0n) is 16.1. The van der Waals surface area contributed by atoms with Gasteiger partial charge in [-0.1, -0.05) is 30.3 Å². The number of aryl methyl sites for hydroxylation is 1. The number of hydrogen-bond acceptors (Lipinski definition) is 7. The molecule has 0 aliphatic heterocycles. The van der Waals surface area contributed by atoms with Crippen molar-refractivity contribution in [3.63, 3.8) is 0 Å². The van der Waals surface area contributed by atoms with Gasteiger partial charge in [0.25, 0.3) is 0 Å². The molecular formula is C20H21N5O3S. The van der Waals surface area contributed by atoms with E-state index in [2.05, 4.69) is 20.8 Å². The molecule has 0 bridgehead atoms. The maximum Gasteiger partial charge on any atom is 0.341 e. The van der Waals surface area contributed by atoms with Gasteiger partial charge in [-0.15, -0.1) is 16.4 Å². The largest absolute Gasteiger partial charge is 0.462 e. The minimum Gasteiger partial charge on any atom is -0.462 e. The van der Waals surface area contributed by atoms with Crippen molar-refractivity contribution in [1.29, 1.82) is 0 Å². The Bertz CT molecular complexity index is 1030. The van der Waals surface area contributed by atoms with Gasteiger partial charge in [-0.2, -0.15) is 0 Å². The van der Waals surface area contributed by atoms with Crippen LogP contribution in [0.15, 0.2) is 30.3 Å². The van der Waals surface area contributed by atoms with Crippen LogP contribution in [0.4, 0.5) is 5.00 Å². The fourth-order valence-electron chi connectivity index (χ4n) is 3.48. The molecule has 150 valence electrons. The van der Waals surface area contributed by atoms with E-state index < -0.39 is 0 Å². The summed E-state index contributed by atoms with van der Waals surface area (Å²) in [4.78, 5) is 26.4. The minimum absolute atomic E-state index is 0.0535. The number of fused-ring (bicyclic) bond motifs is 1.